The number of hydrogen-bond acceptors (Lipinski definition) is 3. The van der Waals surface area contributed by atoms with E-state index in [0.717, 1.165) is 25.7 Å². The molecule has 1 fully saturated rings. The average Bonchev–Trinajstić information content (AvgIpc) is 2.37. The van der Waals surface area contributed by atoms with Gasteiger partial charge in [-0.15, -0.1) is 0 Å². The molecule has 0 saturated heterocycles. The normalized spacial score (nSPS) is 18.1. The first-order valence-electron chi connectivity index (χ1n) is 6.70. The lowest BCUT2D eigenvalue weighted by Gasteiger charge is -2.35. The number of amides is 2. The SMILES string of the molecule is CC(=O)NCCC(=O)NCC1(CO)CCCCC1. The highest BCUT2D eigenvalue weighted by molar-refractivity contribution is 5.77. The number of aliphatic hydroxyl groups is 1. The zero-order chi connectivity index (χ0) is 13.4. The van der Waals surface area contributed by atoms with Crippen molar-refractivity contribution < 1.29 is 14.7 Å². The zero-order valence-corrected chi connectivity index (χ0v) is 11.1. The van der Waals surface area contributed by atoms with Gasteiger partial charge >= 0.3 is 0 Å². The van der Waals surface area contributed by atoms with E-state index in [0.29, 0.717) is 19.5 Å². The second kappa shape index (κ2) is 7.36. The molecule has 0 spiro atoms. The first-order chi connectivity index (χ1) is 8.58. The Kier molecular flexibility index (Phi) is 6.12. The molecule has 0 aliphatic heterocycles. The van der Waals surface area contributed by atoms with E-state index in [9.17, 15) is 14.7 Å². The third-order valence-electron chi connectivity index (χ3n) is 3.64. The van der Waals surface area contributed by atoms with E-state index in [1.807, 2.05) is 0 Å². The van der Waals surface area contributed by atoms with Crippen molar-refractivity contribution in [3.05, 3.63) is 0 Å². The molecule has 0 aromatic carbocycles. The van der Waals surface area contributed by atoms with Crippen LogP contribution in [0.1, 0.15) is 45.4 Å². The second-order valence-corrected chi connectivity index (χ2v) is 5.23. The molecule has 0 aromatic heterocycles. The van der Waals surface area contributed by atoms with Gasteiger partial charge in [0.15, 0.2) is 0 Å². The molecule has 1 rings (SSSR count). The highest BCUT2D eigenvalue weighted by atomic mass is 16.3. The van der Waals surface area contributed by atoms with E-state index in [1.54, 1.807) is 0 Å². The Bertz CT molecular complexity index is 286. The minimum absolute atomic E-state index is 0.0675. The third-order valence-corrected chi connectivity index (χ3v) is 3.64. The molecule has 3 N–H and O–H groups in total. The molecule has 18 heavy (non-hydrogen) atoms. The molecule has 0 atom stereocenters. The standard InChI is InChI=1S/C13H24N2O3/c1-11(17)14-8-5-12(18)15-9-13(10-16)6-3-2-4-7-13/h16H,2-10H2,1H3,(H,14,17)(H,15,18). The summed E-state index contributed by atoms with van der Waals surface area (Å²) in [5.41, 5.74) is -0.123. The molecule has 5 nitrogen and oxygen atoms in total. The van der Waals surface area contributed by atoms with Gasteiger partial charge in [0.25, 0.3) is 0 Å². The number of carbonyl (C=O) groups excluding carboxylic acids is 2. The smallest absolute Gasteiger partial charge is 0.221 e. The number of aliphatic hydroxyl groups excluding tert-OH is 1. The van der Waals surface area contributed by atoms with Crippen LogP contribution in [-0.4, -0.2) is 36.6 Å². The van der Waals surface area contributed by atoms with Crippen molar-refractivity contribution >= 4 is 11.8 Å². The molecule has 0 unspecified atom stereocenters. The number of hydrogen-bond donors (Lipinski definition) is 3. The second-order valence-electron chi connectivity index (χ2n) is 5.23. The quantitative estimate of drug-likeness (QED) is 0.650. The Morgan fingerprint density at radius 2 is 1.83 bits per heavy atom. The summed E-state index contributed by atoms with van der Waals surface area (Å²) in [6.45, 7) is 2.48. The number of rotatable bonds is 6. The van der Waals surface area contributed by atoms with Crippen molar-refractivity contribution in [1.29, 1.82) is 0 Å². The summed E-state index contributed by atoms with van der Waals surface area (Å²) < 4.78 is 0. The molecule has 0 heterocycles. The fourth-order valence-electron chi connectivity index (χ4n) is 2.42. The molecule has 0 bridgehead atoms. The van der Waals surface area contributed by atoms with Crippen LogP contribution >= 0.6 is 0 Å². The van der Waals surface area contributed by atoms with Gasteiger partial charge in [0, 0.05) is 31.8 Å². The molecular weight excluding hydrogens is 232 g/mol. The Labute approximate surface area is 108 Å². The van der Waals surface area contributed by atoms with Crippen molar-refractivity contribution in [2.45, 2.75) is 45.4 Å². The Hall–Kier alpha value is -1.10. The molecule has 104 valence electrons. The van der Waals surface area contributed by atoms with Gasteiger partial charge in [0.05, 0.1) is 6.61 Å². The van der Waals surface area contributed by atoms with Gasteiger partial charge < -0.3 is 15.7 Å². The lowest BCUT2D eigenvalue weighted by atomic mass is 9.74. The van der Waals surface area contributed by atoms with Crippen LogP contribution in [-0.2, 0) is 9.59 Å². The molecular formula is C13H24N2O3. The fourth-order valence-corrected chi connectivity index (χ4v) is 2.42. The van der Waals surface area contributed by atoms with Crippen molar-refractivity contribution in [2.75, 3.05) is 19.7 Å². The third kappa shape index (κ3) is 5.04. The molecule has 1 aliphatic carbocycles. The summed E-state index contributed by atoms with van der Waals surface area (Å²) in [6.07, 6.45) is 5.73. The van der Waals surface area contributed by atoms with Gasteiger partial charge in [-0.25, -0.2) is 0 Å². The van der Waals surface area contributed by atoms with Crippen LogP contribution in [0.5, 0.6) is 0 Å². The van der Waals surface area contributed by atoms with Gasteiger partial charge in [0.2, 0.25) is 11.8 Å². The topological polar surface area (TPSA) is 78.4 Å². The first kappa shape index (κ1) is 15.0. The summed E-state index contributed by atoms with van der Waals surface area (Å²) in [5, 5.41) is 15.0. The minimum Gasteiger partial charge on any atom is -0.396 e. The number of nitrogens with one attached hydrogen (secondary N) is 2. The van der Waals surface area contributed by atoms with Gasteiger partial charge in [0.1, 0.15) is 0 Å². The van der Waals surface area contributed by atoms with E-state index in [-0.39, 0.29) is 23.8 Å². The van der Waals surface area contributed by atoms with Crippen LogP contribution < -0.4 is 10.6 Å². The highest BCUT2D eigenvalue weighted by Crippen LogP contribution is 2.35. The van der Waals surface area contributed by atoms with Crippen LogP contribution in [0, 0.1) is 5.41 Å². The number of carbonyl (C=O) groups is 2. The molecule has 0 radical (unpaired) electrons. The predicted octanol–water partition coefficient (Wildman–Crippen LogP) is 0.572. The van der Waals surface area contributed by atoms with E-state index in [4.69, 9.17) is 0 Å². The fraction of sp³-hybridized carbons (Fsp3) is 0.846. The Morgan fingerprint density at radius 1 is 1.17 bits per heavy atom. The average molecular weight is 256 g/mol. The molecule has 5 heteroatoms. The van der Waals surface area contributed by atoms with Crippen molar-refractivity contribution in [1.82, 2.24) is 10.6 Å². The van der Waals surface area contributed by atoms with E-state index >= 15 is 0 Å². The summed E-state index contributed by atoms with van der Waals surface area (Å²) >= 11 is 0. The van der Waals surface area contributed by atoms with Crippen LogP contribution in [0.4, 0.5) is 0 Å². The summed E-state index contributed by atoms with van der Waals surface area (Å²) in [4.78, 5) is 22.2. The lowest BCUT2D eigenvalue weighted by Crippen LogP contribution is -2.42. The van der Waals surface area contributed by atoms with Crippen molar-refractivity contribution in [2.24, 2.45) is 5.41 Å². The van der Waals surface area contributed by atoms with Gasteiger partial charge in [-0.2, -0.15) is 0 Å². The summed E-state index contributed by atoms with van der Waals surface area (Å²) in [7, 11) is 0. The molecule has 1 saturated carbocycles. The van der Waals surface area contributed by atoms with Gasteiger partial charge in [-0.3, -0.25) is 9.59 Å². The first-order valence-corrected chi connectivity index (χ1v) is 6.70. The zero-order valence-electron chi connectivity index (χ0n) is 11.1. The molecule has 0 aromatic rings. The van der Waals surface area contributed by atoms with Crippen LogP contribution in [0.3, 0.4) is 0 Å². The Balaban J connectivity index is 2.25. The van der Waals surface area contributed by atoms with Crippen LogP contribution in [0.25, 0.3) is 0 Å². The lowest BCUT2D eigenvalue weighted by molar-refractivity contribution is -0.122. The predicted molar refractivity (Wildman–Crippen MR) is 68.9 cm³/mol. The maximum absolute atomic E-state index is 11.6. The molecule has 1 aliphatic rings. The Morgan fingerprint density at radius 3 is 2.39 bits per heavy atom. The van der Waals surface area contributed by atoms with Crippen molar-refractivity contribution in [3.63, 3.8) is 0 Å². The van der Waals surface area contributed by atoms with Crippen molar-refractivity contribution in [3.8, 4) is 0 Å². The van der Waals surface area contributed by atoms with Crippen LogP contribution in [0.2, 0.25) is 0 Å². The minimum atomic E-state index is -0.123. The maximum Gasteiger partial charge on any atom is 0.221 e. The highest BCUT2D eigenvalue weighted by Gasteiger charge is 2.31. The summed E-state index contributed by atoms with van der Waals surface area (Å²) in [5.74, 6) is -0.191. The van der Waals surface area contributed by atoms with E-state index in [1.165, 1.54) is 13.3 Å². The summed E-state index contributed by atoms with van der Waals surface area (Å²) in [6, 6.07) is 0. The van der Waals surface area contributed by atoms with Crippen LogP contribution in [0.15, 0.2) is 0 Å². The monoisotopic (exact) mass is 256 g/mol. The maximum atomic E-state index is 11.6. The van der Waals surface area contributed by atoms with E-state index < -0.39 is 0 Å². The van der Waals surface area contributed by atoms with Gasteiger partial charge in [-0.1, -0.05) is 19.3 Å². The molecule has 2 amide bonds. The van der Waals surface area contributed by atoms with Gasteiger partial charge in [-0.05, 0) is 12.8 Å². The van der Waals surface area contributed by atoms with E-state index in [2.05, 4.69) is 10.6 Å². The largest absolute Gasteiger partial charge is 0.396 e.